The number of nitrogen functional groups attached to an aromatic ring is 1. The predicted molar refractivity (Wildman–Crippen MR) is 74.7 cm³/mol. The zero-order valence-corrected chi connectivity index (χ0v) is 11.2. The van der Waals surface area contributed by atoms with Crippen molar-refractivity contribution < 1.29 is 14.5 Å². The van der Waals surface area contributed by atoms with Gasteiger partial charge in [-0.1, -0.05) is 0 Å². The molecule has 2 aliphatic heterocycles. The highest BCUT2D eigenvalue weighted by atomic mass is 16.6. The molecule has 8 nitrogen and oxygen atoms in total. The number of hydrogen-bond acceptors (Lipinski definition) is 6. The number of amides is 1. The summed E-state index contributed by atoms with van der Waals surface area (Å²) in [6.45, 7) is 0. The first-order valence-corrected chi connectivity index (χ1v) is 6.80. The van der Waals surface area contributed by atoms with Gasteiger partial charge in [-0.15, -0.1) is 0 Å². The summed E-state index contributed by atoms with van der Waals surface area (Å²) >= 11 is 0. The van der Waals surface area contributed by atoms with Crippen LogP contribution in [-0.4, -0.2) is 29.1 Å². The number of hydrogen-bond donors (Lipinski definition) is 3. The van der Waals surface area contributed by atoms with E-state index in [2.05, 4.69) is 10.7 Å². The molecule has 2 fully saturated rings. The van der Waals surface area contributed by atoms with E-state index in [9.17, 15) is 14.9 Å². The summed E-state index contributed by atoms with van der Waals surface area (Å²) in [4.78, 5) is 22.6. The number of benzene rings is 1. The van der Waals surface area contributed by atoms with Crippen LogP contribution < -0.4 is 16.6 Å². The zero-order chi connectivity index (χ0) is 15.0. The molecule has 2 aliphatic rings. The van der Waals surface area contributed by atoms with Crippen LogP contribution in [0.2, 0.25) is 0 Å². The van der Waals surface area contributed by atoms with Gasteiger partial charge in [-0.25, -0.2) is 0 Å². The molecule has 0 spiro atoms. The van der Waals surface area contributed by atoms with Crippen LogP contribution in [0.4, 0.5) is 11.4 Å². The molecule has 0 radical (unpaired) electrons. The fourth-order valence-electron chi connectivity index (χ4n) is 3.00. The molecule has 3 unspecified atom stereocenters. The number of hydrazine groups is 1. The third-order valence-electron chi connectivity index (χ3n) is 4.04. The first-order chi connectivity index (χ1) is 10.1. The van der Waals surface area contributed by atoms with Crippen molar-refractivity contribution in [3.8, 4) is 0 Å². The van der Waals surface area contributed by atoms with Crippen molar-refractivity contribution in [1.29, 1.82) is 0 Å². The van der Waals surface area contributed by atoms with Gasteiger partial charge in [0.2, 0.25) is 0 Å². The van der Waals surface area contributed by atoms with Crippen LogP contribution in [0, 0.1) is 10.1 Å². The summed E-state index contributed by atoms with van der Waals surface area (Å²) < 4.78 is 5.68. The molecule has 1 aromatic carbocycles. The highest BCUT2D eigenvalue weighted by molar-refractivity contribution is 6.00. The summed E-state index contributed by atoms with van der Waals surface area (Å²) in [5, 5.41) is 13.7. The molecule has 21 heavy (non-hydrogen) atoms. The average molecular weight is 292 g/mol. The molecular weight excluding hydrogens is 276 g/mol. The molecule has 4 N–H and O–H groups in total. The Morgan fingerprint density at radius 1 is 1.43 bits per heavy atom. The lowest BCUT2D eigenvalue weighted by atomic mass is 9.95. The Hall–Kier alpha value is -2.19. The second-order valence-electron chi connectivity index (χ2n) is 5.32. The van der Waals surface area contributed by atoms with Gasteiger partial charge in [-0.05, 0) is 25.3 Å². The minimum atomic E-state index is -0.544. The average Bonchev–Trinajstić information content (AvgIpc) is 3.08. The van der Waals surface area contributed by atoms with Crippen molar-refractivity contribution >= 4 is 17.3 Å². The van der Waals surface area contributed by atoms with E-state index < -0.39 is 4.92 Å². The van der Waals surface area contributed by atoms with E-state index in [4.69, 9.17) is 10.6 Å². The number of carbonyl (C=O) groups excluding carboxylic acids is 1. The summed E-state index contributed by atoms with van der Waals surface area (Å²) in [6.07, 6.45) is 3.02. The lowest BCUT2D eigenvalue weighted by molar-refractivity contribution is -0.384. The van der Waals surface area contributed by atoms with E-state index in [1.54, 1.807) is 0 Å². The smallest absolute Gasteiger partial charge is 0.270 e. The van der Waals surface area contributed by atoms with Crippen molar-refractivity contribution in [1.82, 2.24) is 5.32 Å². The number of non-ortho nitro benzene ring substituents is 1. The van der Waals surface area contributed by atoms with E-state index in [1.807, 2.05) is 0 Å². The van der Waals surface area contributed by atoms with Crippen LogP contribution in [0.5, 0.6) is 0 Å². The molecule has 1 amide bonds. The Labute approximate surface area is 120 Å². The first-order valence-electron chi connectivity index (χ1n) is 6.80. The second kappa shape index (κ2) is 5.30. The molecule has 2 saturated heterocycles. The molecule has 8 heteroatoms. The maximum absolute atomic E-state index is 12.3. The van der Waals surface area contributed by atoms with Crippen molar-refractivity contribution in [3.63, 3.8) is 0 Å². The number of nitrogens with one attached hydrogen (secondary N) is 2. The number of carbonyl (C=O) groups is 1. The Morgan fingerprint density at radius 2 is 2.24 bits per heavy atom. The fourth-order valence-corrected chi connectivity index (χ4v) is 3.00. The number of nitrogens with zero attached hydrogens (tertiary/aromatic N) is 1. The van der Waals surface area contributed by atoms with Crippen molar-refractivity contribution in [2.24, 2.45) is 5.84 Å². The number of nitrogens with two attached hydrogens (primary N) is 1. The number of ether oxygens (including phenoxy) is 1. The topological polar surface area (TPSA) is 120 Å². The number of nitro benzene ring substituents is 1. The Balaban J connectivity index is 1.79. The lowest BCUT2D eigenvalue weighted by Gasteiger charge is -2.20. The molecule has 1 aromatic rings. The molecule has 2 heterocycles. The van der Waals surface area contributed by atoms with E-state index in [0.29, 0.717) is 5.69 Å². The standard InChI is InChI=1S/C13H16N4O4/c14-16-10-3-1-7(17(19)20)5-9(10)13(18)15-11-6-8-2-4-12(11)21-8/h1,3,5,8,11-12,16H,2,4,6,14H2,(H,15,18). The molecule has 3 rings (SSSR count). The number of nitro groups is 1. The second-order valence-corrected chi connectivity index (χ2v) is 5.32. The maximum atomic E-state index is 12.3. The molecule has 0 aliphatic carbocycles. The van der Waals surface area contributed by atoms with Gasteiger partial charge in [-0.3, -0.25) is 20.8 Å². The van der Waals surface area contributed by atoms with Gasteiger partial charge in [0.25, 0.3) is 11.6 Å². The minimum absolute atomic E-state index is 0.0406. The summed E-state index contributed by atoms with van der Waals surface area (Å²) in [6, 6.07) is 3.90. The number of rotatable bonds is 4. The summed E-state index contributed by atoms with van der Waals surface area (Å²) in [7, 11) is 0. The van der Waals surface area contributed by atoms with Crippen LogP contribution in [0.1, 0.15) is 29.6 Å². The van der Waals surface area contributed by atoms with Gasteiger partial charge in [0.15, 0.2) is 0 Å². The SMILES string of the molecule is NNc1ccc([N+](=O)[O-])cc1C(=O)NC1CC2CCC1O2. The fraction of sp³-hybridized carbons (Fsp3) is 0.462. The molecule has 112 valence electrons. The first kappa shape index (κ1) is 13.8. The summed E-state index contributed by atoms with van der Waals surface area (Å²) in [5.74, 6) is 4.98. The van der Waals surface area contributed by atoms with Gasteiger partial charge in [0.1, 0.15) is 0 Å². The lowest BCUT2D eigenvalue weighted by Crippen LogP contribution is -2.41. The van der Waals surface area contributed by atoms with Crippen molar-refractivity contribution in [3.05, 3.63) is 33.9 Å². The minimum Gasteiger partial charge on any atom is -0.373 e. The predicted octanol–water partition coefficient (Wildman–Crippen LogP) is 0.930. The van der Waals surface area contributed by atoms with Gasteiger partial charge < -0.3 is 15.5 Å². The third kappa shape index (κ3) is 2.55. The van der Waals surface area contributed by atoms with Crippen molar-refractivity contribution in [2.75, 3.05) is 5.43 Å². The third-order valence-corrected chi connectivity index (χ3v) is 4.04. The van der Waals surface area contributed by atoms with Gasteiger partial charge >= 0.3 is 0 Å². The molecular formula is C13H16N4O4. The highest BCUT2D eigenvalue weighted by Crippen LogP contribution is 2.34. The maximum Gasteiger partial charge on any atom is 0.270 e. The Bertz CT molecular complexity index is 592. The summed E-state index contributed by atoms with van der Waals surface area (Å²) in [5.41, 5.74) is 2.75. The monoisotopic (exact) mass is 292 g/mol. The Morgan fingerprint density at radius 3 is 2.81 bits per heavy atom. The number of fused-ring (bicyclic) bond motifs is 2. The van der Waals surface area contributed by atoms with Crippen LogP contribution in [-0.2, 0) is 4.74 Å². The van der Waals surface area contributed by atoms with Gasteiger partial charge in [0.05, 0.1) is 34.4 Å². The van der Waals surface area contributed by atoms with Crippen molar-refractivity contribution in [2.45, 2.75) is 37.5 Å². The van der Waals surface area contributed by atoms with Crippen LogP contribution in [0.25, 0.3) is 0 Å². The molecule has 0 saturated carbocycles. The largest absolute Gasteiger partial charge is 0.373 e. The number of anilines is 1. The molecule has 2 bridgehead atoms. The molecule has 3 atom stereocenters. The zero-order valence-electron chi connectivity index (χ0n) is 11.2. The van der Waals surface area contributed by atoms with E-state index in [1.165, 1.54) is 18.2 Å². The highest BCUT2D eigenvalue weighted by Gasteiger charge is 2.41. The van der Waals surface area contributed by atoms with E-state index in [-0.39, 0.29) is 35.4 Å². The van der Waals surface area contributed by atoms with Crippen LogP contribution in [0.3, 0.4) is 0 Å². The van der Waals surface area contributed by atoms with Crippen LogP contribution >= 0.6 is 0 Å². The van der Waals surface area contributed by atoms with Crippen LogP contribution in [0.15, 0.2) is 18.2 Å². The van der Waals surface area contributed by atoms with Gasteiger partial charge in [0, 0.05) is 12.1 Å². The quantitative estimate of drug-likeness (QED) is 0.431. The van der Waals surface area contributed by atoms with E-state index >= 15 is 0 Å². The normalized spacial score (nSPS) is 26.6. The molecule has 0 aromatic heterocycles. The Kier molecular flexibility index (Phi) is 3.48. The van der Waals surface area contributed by atoms with E-state index in [0.717, 1.165) is 19.3 Å². The van der Waals surface area contributed by atoms with Gasteiger partial charge in [-0.2, -0.15) is 0 Å².